The first-order chi connectivity index (χ1) is 17.7. The third-order valence-corrected chi connectivity index (χ3v) is 6.58. The van der Waals surface area contributed by atoms with Crippen LogP contribution in [-0.2, 0) is 0 Å². The van der Waals surface area contributed by atoms with Crippen molar-refractivity contribution in [3.05, 3.63) is 93.7 Å². The Hall–Kier alpha value is -4.50. The van der Waals surface area contributed by atoms with E-state index < -0.39 is 23.8 Å². The third kappa shape index (κ3) is 5.22. The van der Waals surface area contributed by atoms with Crippen LogP contribution in [0, 0.1) is 0 Å². The first kappa shape index (κ1) is 25.6. The second kappa shape index (κ2) is 10.6. The molecule has 0 aliphatic heterocycles. The maximum Gasteiger partial charge on any atom is 0.344 e. The molecular weight excluding hydrogens is 492 g/mol. The van der Waals surface area contributed by atoms with Gasteiger partial charge in [0.05, 0.1) is 11.1 Å². The van der Waals surface area contributed by atoms with Crippen LogP contribution in [0.5, 0.6) is 11.5 Å². The maximum absolute atomic E-state index is 13.3. The Morgan fingerprint density at radius 3 is 1.24 bits per heavy atom. The molecule has 3 aromatic carbocycles. The molecule has 4 aromatic rings. The summed E-state index contributed by atoms with van der Waals surface area (Å²) in [5, 5.41) is 0.328. The predicted molar refractivity (Wildman–Crippen MR) is 141 cm³/mol. The van der Waals surface area contributed by atoms with Crippen molar-refractivity contribution in [3.8, 4) is 11.5 Å². The molecule has 0 saturated carbocycles. The molecule has 0 unspecified atom stereocenters. The van der Waals surface area contributed by atoms with E-state index in [4.69, 9.17) is 9.47 Å². The van der Waals surface area contributed by atoms with Crippen LogP contribution in [0.15, 0.2) is 72.8 Å². The van der Waals surface area contributed by atoms with Gasteiger partial charge in [0.15, 0.2) is 0 Å². The average molecular weight is 517 g/mol. The van der Waals surface area contributed by atoms with Crippen molar-refractivity contribution in [2.75, 3.05) is 28.2 Å². The molecule has 0 aliphatic carbocycles. The summed E-state index contributed by atoms with van der Waals surface area (Å²) >= 11 is 0.923. The fourth-order valence-corrected chi connectivity index (χ4v) is 5.00. The van der Waals surface area contributed by atoms with Crippen molar-refractivity contribution in [3.63, 3.8) is 0 Å². The molecule has 0 aliphatic rings. The topological polar surface area (TPSA) is 93.2 Å². The van der Waals surface area contributed by atoms with Crippen LogP contribution in [-0.4, -0.2) is 61.7 Å². The zero-order chi connectivity index (χ0) is 26.7. The van der Waals surface area contributed by atoms with Crippen LogP contribution in [0.3, 0.4) is 0 Å². The first-order valence-corrected chi connectivity index (χ1v) is 12.1. The van der Waals surface area contributed by atoms with E-state index >= 15 is 0 Å². The number of hydrogen-bond donors (Lipinski definition) is 0. The summed E-state index contributed by atoms with van der Waals surface area (Å²) < 4.78 is 11.1. The molecule has 0 spiro atoms. The molecule has 8 nitrogen and oxygen atoms in total. The summed E-state index contributed by atoms with van der Waals surface area (Å²) in [5.74, 6) is -1.67. The fourth-order valence-electron chi connectivity index (χ4n) is 3.63. The summed E-state index contributed by atoms with van der Waals surface area (Å²) in [7, 11) is 6.27. The third-order valence-electron chi connectivity index (χ3n) is 5.41. The normalized spacial score (nSPS) is 10.6. The van der Waals surface area contributed by atoms with Gasteiger partial charge in [-0.05, 0) is 36.4 Å². The van der Waals surface area contributed by atoms with Gasteiger partial charge in [0.2, 0.25) is 0 Å². The Morgan fingerprint density at radius 1 is 0.568 bits per heavy atom. The van der Waals surface area contributed by atoms with Crippen molar-refractivity contribution in [1.29, 1.82) is 0 Å². The molecule has 0 radical (unpaired) electrons. The molecule has 0 fully saturated rings. The van der Waals surface area contributed by atoms with Crippen molar-refractivity contribution in [2.24, 2.45) is 0 Å². The number of carbonyl (C=O) groups excluding carboxylic acids is 4. The number of rotatable bonds is 6. The number of esters is 2. The Bertz CT molecular complexity index is 1380. The summed E-state index contributed by atoms with van der Waals surface area (Å²) in [4.78, 5) is 56.0. The van der Waals surface area contributed by atoms with Gasteiger partial charge in [-0.1, -0.05) is 36.4 Å². The average Bonchev–Trinajstić information content (AvgIpc) is 3.28. The Labute approximate surface area is 217 Å². The van der Waals surface area contributed by atoms with Gasteiger partial charge in [0.1, 0.15) is 21.3 Å². The number of ether oxygens (including phenoxy) is 2. The molecule has 1 aromatic heterocycles. The number of thiophene rings is 1. The second-order valence-electron chi connectivity index (χ2n) is 8.48. The minimum atomic E-state index is -0.728. The van der Waals surface area contributed by atoms with Crippen molar-refractivity contribution in [1.82, 2.24) is 9.80 Å². The minimum absolute atomic E-state index is 0.0503. The van der Waals surface area contributed by atoms with Crippen molar-refractivity contribution < 1.29 is 28.7 Å². The largest absolute Gasteiger partial charge is 0.423 e. The van der Waals surface area contributed by atoms with E-state index in [1.807, 2.05) is 0 Å². The zero-order valence-electron chi connectivity index (χ0n) is 20.7. The van der Waals surface area contributed by atoms with Gasteiger partial charge < -0.3 is 19.3 Å². The quantitative estimate of drug-likeness (QED) is 0.271. The van der Waals surface area contributed by atoms with E-state index in [9.17, 15) is 19.2 Å². The lowest BCUT2D eigenvalue weighted by atomic mass is 9.99. The van der Waals surface area contributed by atoms with Gasteiger partial charge in [-0.25, -0.2) is 9.59 Å². The van der Waals surface area contributed by atoms with Crippen LogP contribution in [0.25, 0.3) is 10.8 Å². The van der Waals surface area contributed by atoms with Gasteiger partial charge in [0.25, 0.3) is 11.8 Å². The highest BCUT2D eigenvalue weighted by Gasteiger charge is 2.31. The van der Waals surface area contributed by atoms with Crippen molar-refractivity contribution >= 4 is 45.9 Å². The molecular formula is C28H24N2O6S. The SMILES string of the molecule is CN(C)C(=O)c1sc(C(=O)N(C)C)c2c(C(=O)Oc3ccccc3)ccc(C(=O)Oc3ccccc3)c12. The van der Waals surface area contributed by atoms with E-state index in [0.29, 0.717) is 11.5 Å². The van der Waals surface area contributed by atoms with Crippen LogP contribution in [0.1, 0.15) is 40.1 Å². The molecule has 188 valence electrons. The van der Waals surface area contributed by atoms with Crippen molar-refractivity contribution in [2.45, 2.75) is 0 Å². The highest BCUT2D eigenvalue weighted by atomic mass is 32.1. The van der Waals surface area contributed by atoms with Gasteiger partial charge >= 0.3 is 11.9 Å². The Morgan fingerprint density at radius 2 is 0.919 bits per heavy atom. The number of nitrogens with zero attached hydrogens (tertiary/aromatic N) is 2. The number of fused-ring (bicyclic) bond motifs is 1. The van der Waals surface area contributed by atoms with Crippen LogP contribution < -0.4 is 9.47 Å². The van der Waals surface area contributed by atoms with Gasteiger partial charge in [-0.2, -0.15) is 0 Å². The van der Waals surface area contributed by atoms with Gasteiger partial charge in [0, 0.05) is 39.0 Å². The number of para-hydroxylation sites is 2. The number of benzene rings is 3. The predicted octanol–water partition coefficient (Wildman–Crippen LogP) is 4.74. The molecule has 0 bridgehead atoms. The lowest BCUT2D eigenvalue weighted by molar-refractivity contribution is 0.0723. The molecule has 0 saturated heterocycles. The highest BCUT2D eigenvalue weighted by molar-refractivity contribution is 7.18. The molecule has 0 N–H and O–H groups in total. The molecule has 1 heterocycles. The highest BCUT2D eigenvalue weighted by Crippen LogP contribution is 2.38. The summed E-state index contributed by atoms with van der Waals surface area (Å²) in [6.07, 6.45) is 0. The Kier molecular flexibility index (Phi) is 7.35. The fraction of sp³-hybridized carbons (Fsp3) is 0.143. The number of amides is 2. The van der Waals surface area contributed by atoms with E-state index in [-0.39, 0.29) is 31.7 Å². The zero-order valence-corrected chi connectivity index (χ0v) is 21.5. The molecule has 9 heteroatoms. The monoisotopic (exact) mass is 516 g/mol. The second-order valence-corrected chi connectivity index (χ2v) is 9.50. The maximum atomic E-state index is 13.3. The summed E-state index contributed by atoms with van der Waals surface area (Å²) in [6, 6.07) is 19.8. The van der Waals surface area contributed by atoms with Gasteiger partial charge in [-0.15, -0.1) is 11.3 Å². The lowest BCUT2D eigenvalue weighted by Crippen LogP contribution is -2.21. The summed E-state index contributed by atoms with van der Waals surface area (Å²) in [5.41, 5.74) is 0.101. The molecule has 0 atom stereocenters. The standard InChI is InChI=1S/C28H24N2O6S/c1-29(2)25(31)23-21-19(27(33)35-17-11-7-5-8-12-17)15-16-20(22(21)24(37-23)26(32)30(3)4)28(34)36-18-13-9-6-10-14-18/h5-16H,1-4H3. The van der Waals surface area contributed by atoms with E-state index in [1.165, 1.54) is 21.9 Å². The first-order valence-electron chi connectivity index (χ1n) is 11.3. The van der Waals surface area contributed by atoms with Crippen LogP contribution in [0.4, 0.5) is 0 Å². The number of carbonyl (C=O) groups is 4. The van der Waals surface area contributed by atoms with Crippen LogP contribution >= 0.6 is 11.3 Å². The molecule has 4 rings (SSSR count). The van der Waals surface area contributed by atoms with E-state index in [2.05, 4.69) is 0 Å². The summed E-state index contributed by atoms with van der Waals surface area (Å²) in [6.45, 7) is 0. The smallest absolute Gasteiger partial charge is 0.344 e. The Balaban J connectivity index is 1.97. The molecule has 2 amide bonds. The van der Waals surface area contributed by atoms with E-state index in [0.717, 1.165) is 11.3 Å². The minimum Gasteiger partial charge on any atom is -0.423 e. The number of hydrogen-bond acceptors (Lipinski definition) is 7. The van der Waals surface area contributed by atoms with Crippen LogP contribution in [0.2, 0.25) is 0 Å². The van der Waals surface area contributed by atoms with Gasteiger partial charge in [-0.3, -0.25) is 9.59 Å². The van der Waals surface area contributed by atoms with E-state index in [1.54, 1.807) is 88.9 Å². The molecule has 37 heavy (non-hydrogen) atoms. The lowest BCUT2D eigenvalue weighted by Gasteiger charge is -2.13.